The highest BCUT2D eigenvalue weighted by atomic mass is 19.4. The molecule has 1 aliphatic carbocycles. The molecule has 0 radical (unpaired) electrons. The van der Waals surface area contributed by atoms with Crippen LogP contribution in [0, 0.1) is 5.92 Å². The van der Waals surface area contributed by atoms with Crippen LogP contribution < -0.4 is 10.2 Å². The Hall–Kier alpha value is -2.50. The number of fused-ring (bicyclic) bond motifs is 1. The van der Waals surface area contributed by atoms with Crippen LogP contribution >= 0.6 is 0 Å². The molecule has 1 aliphatic heterocycles. The van der Waals surface area contributed by atoms with E-state index in [-0.39, 0.29) is 23.7 Å². The van der Waals surface area contributed by atoms with E-state index in [0.29, 0.717) is 5.56 Å². The molecule has 1 atom stereocenters. The summed E-state index contributed by atoms with van der Waals surface area (Å²) in [6, 6.07) is 12.1. The van der Waals surface area contributed by atoms with Crippen LogP contribution in [0.15, 0.2) is 48.5 Å². The molecule has 6 heteroatoms. The van der Waals surface area contributed by atoms with Crippen molar-refractivity contribution in [2.75, 3.05) is 10.2 Å². The Balaban J connectivity index is 1.79. The molecule has 1 fully saturated rings. The van der Waals surface area contributed by atoms with Crippen molar-refractivity contribution in [2.24, 2.45) is 5.92 Å². The molecule has 1 heterocycles. The lowest BCUT2D eigenvalue weighted by atomic mass is 10.0. The van der Waals surface area contributed by atoms with Crippen LogP contribution in [0.1, 0.15) is 28.8 Å². The first-order chi connectivity index (χ1) is 11.4. The van der Waals surface area contributed by atoms with E-state index in [0.717, 1.165) is 30.7 Å². The van der Waals surface area contributed by atoms with E-state index in [2.05, 4.69) is 5.32 Å². The summed E-state index contributed by atoms with van der Waals surface area (Å²) in [7, 11) is 0. The number of nitrogens with zero attached hydrogens (tertiary/aromatic N) is 1. The standard InChI is InChI=1S/C18H15F3N2O/c19-18(20,21)12-4-3-5-13(10-12)23-16(11-8-9-11)22-15-7-2-1-6-14(15)17(23)24/h1-7,10-11,16,22H,8-9H2. The Morgan fingerprint density at radius 2 is 1.79 bits per heavy atom. The molecular weight excluding hydrogens is 317 g/mol. The van der Waals surface area contributed by atoms with Gasteiger partial charge in [0.15, 0.2) is 0 Å². The third-order valence-electron chi connectivity index (χ3n) is 4.48. The monoisotopic (exact) mass is 332 g/mol. The van der Waals surface area contributed by atoms with Crippen molar-refractivity contribution in [1.29, 1.82) is 0 Å². The Kier molecular flexibility index (Phi) is 3.30. The summed E-state index contributed by atoms with van der Waals surface area (Å²) in [6.07, 6.45) is -2.82. The zero-order valence-electron chi connectivity index (χ0n) is 12.7. The molecule has 0 bridgehead atoms. The zero-order valence-corrected chi connectivity index (χ0v) is 12.7. The summed E-state index contributed by atoms with van der Waals surface area (Å²) >= 11 is 0. The number of benzene rings is 2. The normalized spacial score (nSPS) is 20.5. The topological polar surface area (TPSA) is 32.3 Å². The van der Waals surface area contributed by atoms with Crippen LogP contribution in [-0.2, 0) is 6.18 Å². The first-order valence-electron chi connectivity index (χ1n) is 7.81. The molecule has 3 nitrogen and oxygen atoms in total. The molecule has 1 N–H and O–H groups in total. The summed E-state index contributed by atoms with van der Waals surface area (Å²) in [5.74, 6) is -0.00239. The van der Waals surface area contributed by atoms with E-state index in [1.54, 1.807) is 18.2 Å². The van der Waals surface area contributed by atoms with Gasteiger partial charge in [0.2, 0.25) is 0 Å². The summed E-state index contributed by atoms with van der Waals surface area (Å²) < 4.78 is 39.1. The van der Waals surface area contributed by atoms with E-state index in [1.807, 2.05) is 12.1 Å². The van der Waals surface area contributed by atoms with E-state index >= 15 is 0 Å². The van der Waals surface area contributed by atoms with Gasteiger partial charge in [-0.3, -0.25) is 9.69 Å². The predicted molar refractivity (Wildman–Crippen MR) is 84.8 cm³/mol. The maximum Gasteiger partial charge on any atom is 0.416 e. The lowest BCUT2D eigenvalue weighted by Gasteiger charge is -2.38. The van der Waals surface area contributed by atoms with E-state index in [9.17, 15) is 18.0 Å². The van der Waals surface area contributed by atoms with Crippen molar-refractivity contribution in [3.63, 3.8) is 0 Å². The summed E-state index contributed by atoms with van der Waals surface area (Å²) in [5, 5.41) is 3.32. The van der Waals surface area contributed by atoms with Crippen molar-refractivity contribution >= 4 is 17.3 Å². The largest absolute Gasteiger partial charge is 0.416 e. The fraction of sp³-hybridized carbons (Fsp3) is 0.278. The Bertz CT molecular complexity index is 799. The summed E-state index contributed by atoms with van der Waals surface area (Å²) in [5.41, 5.74) is 0.740. The maximum atomic E-state index is 13.0. The van der Waals surface area contributed by atoms with Gasteiger partial charge in [0.25, 0.3) is 5.91 Å². The van der Waals surface area contributed by atoms with Crippen molar-refractivity contribution in [2.45, 2.75) is 25.2 Å². The highest BCUT2D eigenvalue weighted by molar-refractivity contribution is 6.12. The lowest BCUT2D eigenvalue weighted by molar-refractivity contribution is -0.137. The van der Waals surface area contributed by atoms with Crippen LogP contribution in [0.25, 0.3) is 0 Å². The van der Waals surface area contributed by atoms with Crippen LogP contribution in [0.2, 0.25) is 0 Å². The number of anilines is 2. The highest BCUT2D eigenvalue weighted by Gasteiger charge is 2.42. The quantitative estimate of drug-likeness (QED) is 0.877. The van der Waals surface area contributed by atoms with Gasteiger partial charge in [-0.05, 0) is 49.1 Å². The number of carbonyl (C=O) groups excluding carboxylic acids is 1. The van der Waals surface area contributed by atoms with Crippen LogP contribution in [0.3, 0.4) is 0 Å². The second-order valence-electron chi connectivity index (χ2n) is 6.20. The van der Waals surface area contributed by atoms with Gasteiger partial charge in [-0.1, -0.05) is 18.2 Å². The average Bonchev–Trinajstić information content (AvgIpc) is 3.39. The first kappa shape index (κ1) is 15.1. The summed E-state index contributed by atoms with van der Waals surface area (Å²) in [4.78, 5) is 14.4. The number of hydrogen-bond donors (Lipinski definition) is 1. The second kappa shape index (κ2) is 5.26. The van der Waals surface area contributed by atoms with Gasteiger partial charge in [0.05, 0.1) is 11.1 Å². The van der Waals surface area contributed by atoms with Gasteiger partial charge < -0.3 is 5.32 Å². The number of hydrogen-bond acceptors (Lipinski definition) is 2. The molecule has 24 heavy (non-hydrogen) atoms. The van der Waals surface area contributed by atoms with Crippen molar-refractivity contribution in [3.05, 3.63) is 59.7 Å². The molecule has 1 amide bonds. The van der Waals surface area contributed by atoms with Crippen molar-refractivity contribution < 1.29 is 18.0 Å². The van der Waals surface area contributed by atoms with Crippen molar-refractivity contribution in [1.82, 2.24) is 0 Å². The third kappa shape index (κ3) is 2.52. The Morgan fingerprint density at radius 1 is 1.04 bits per heavy atom. The molecule has 1 unspecified atom stereocenters. The number of alkyl halides is 3. The number of rotatable bonds is 2. The fourth-order valence-electron chi connectivity index (χ4n) is 3.13. The molecule has 2 aliphatic rings. The Morgan fingerprint density at radius 3 is 2.50 bits per heavy atom. The number of para-hydroxylation sites is 1. The second-order valence-corrected chi connectivity index (χ2v) is 6.20. The minimum atomic E-state index is -4.44. The predicted octanol–water partition coefficient (Wildman–Crippen LogP) is 4.51. The van der Waals surface area contributed by atoms with E-state index < -0.39 is 11.7 Å². The fourth-order valence-corrected chi connectivity index (χ4v) is 3.13. The molecule has 1 saturated carbocycles. The SMILES string of the molecule is O=C1c2ccccc2NC(C2CC2)N1c1cccc(C(F)(F)F)c1. The number of nitrogens with one attached hydrogen (secondary N) is 1. The molecule has 124 valence electrons. The minimum Gasteiger partial charge on any atom is -0.364 e. The molecule has 0 saturated heterocycles. The molecule has 2 aromatic carbocycles. The molecular formula is C18H15F3N2O. The first-order valence-corrected chi connectivity index (χ1v) is 7.81. The van der Waals surface area contributed by atoms with Gasteiger partial charge in [0.1, 0.15) is 6.17 Å². The number of carbonyl (C=O) groups is 1. The van der Waals surface area contributed by atoms with Gasteiger partial charge in [-0.15, -0.1) is 0 Å². The van der Waals surface area contributed by atoms with Gasteiger partial charge >= 0.3 is 6.18 Å². The van der Waals surface area contributed by atoms with Crippen LogP contribution in [0.4, 0.5) is 24.5 Å². The number of halogens is 3. The highest BCUT2D eigenvalue weighted by Crippen LogP contribution is 2.42. The average molecular weight is 332 g/mol. The van der Waals surface area contributed by atoms with Gasteiger partial charge in [-0.2, -0.15) is 13.2 Å². The summed E-state index contributed by atoms with van der Waals surface area (Å²) in [6.45, 7) is 0. The molecule has 0 aromatic heterocycles. The lowest BCUT2D eigenvalue weighted by Crippen LogP contribution is -2.50. The van der Waals surface area contributed by atoms with E-state index in [4.69, 9.17) is 0 Å². The number of amides is 1. The van der Waals surface area contributed by atoms with Crippen LogP contribution in [0.5, 0.6) is 0 Å². The van der Waals surface area contributed by atoms with Crippen LogP contribution in [-0.4, -0.2) is 12.1 Å². The molecule has 4 rings (SSSR count). The smallest absolute Gasteiger partial charge is 0.364 e. The van der Waals surface area contributed by atoms with Crippen molar-refractivity contribution in [3.8, 4) is 0 Å². The van der Waals surface area contributed by atoms with E-state index in [1.165, 1.54) is 11.0 Å². The van der Waals surface area contributed by atoms with Gasteiger partial charge in [0, 0.05) is 11.4 Å². The molecule has 0 spiro atoms. The Labute approximate surface area is 137 Å². The zero-order chi connectivity index (χ0) is 16.9. The minimum absolute atomic E-state index is 0.261. The van der Waals surface area contributed by atoms with Gasteiger partial charge in [-0.25, -0.2) is 0 Å². The molecule has 2 aromatic rings. The maximum absolute atomic E-state index is 13.0. The third-order valence-corrected chi connectivity index (χ3v) is 4.48.